The van der Waals surface area contributed by atoms with Gasteiger partial charge in [0, 0.05) is 23.6 Å². The van der Waals surface area contributed by atoms with Crippen LogP contribution in [-0.2, 0) is 11.3 Å². The number of carbonyl (C=O) groups excluding carboxylic acids is 1. The number of phenols is 1. The van der Waals surface area contributed by atoms with Crippen LogP contribution in [-0.4, -0.2) is 22.9 Å². The standard InChI is InChI=1S/C10H9NO4/c1-15-11(14)8-4-2-6-7(10(8)13)3-5-9(6)12/h2,4H,3,5H2,1H3/p+1. The lowest BCUT2D eigenvalue weighted by molar-refractivity contribution is -0.736. The number of fused-ring (bicyclic) bond motifs is 1. The summed E-state index contributed by atoms with van der Waals surface area (Å²) in [4.78, 5) is 27.2. The van der Waals surface area contributed by atoms with Crippen molar-refractivity contribution < 1.29 is 19.7 Å². The fourth-order valence-corrected chi connectivity index (χ4v) is 1.76. The first-order valence-corrected chi connectivity index (χ1v) is 4.54. The van der Waals surface area contributed by atoms with Gasteiger partial charge in [0.15, 0.2) is 12.9 Å². The van der Waals surface area contributed by atoms with Crippen LogP contribution >= 0.6 is 0 Å². The van der Waals surface area contributed by atoms with Crippen LogP contribution in [0.5, 0.6) is 5.75 Å². The average molecular weight is 208 g/mol. The van der Waals surface area contributed by atoms with E-state index in [2.05, 4.69) is 4.84 Å². The largest absolute Gasteiger partial charge is 0.502 e. The molecule has 78 valence electrons. The first-order chi connectivity index (χ1) is 7.15. The van der Waals surface area contributed by atoms with Gasteiger partial charge in [-0.25, -0.2) is 4.84 Å². The van der Waals surface area contributed by atoms with Gasteiger partial charge >= 0.3 is 5.69 Å². The molecule has 5 nitrogen and oxygen atoms in total. The number of carbonyl (C=O) groups is 1. The number of benzene rings is 1. The topological polar surface area (TPSA) is 66.6 Å². The quantitative estimate of drug-likeness (QED) is 0.748. The molecule has 5 heteroatoms. The maximum Gasteiger partial charge on any atom is 0.358 e. The lowest BCUT2D eigenvalue weighted by Crippen LogP contribution is -2.00. The molecule has 2 rings (SSSR count). The van der Waals surface area contributed by atoms with Crippen molar-refractivity contribution in [1.29, 1.82) is 0 Å². The fourth-order valence-electron chi connectivity index (χ4n) is 1.76. The number of hydrogen-bond acceptors (Lipinski definition) is 4. The number of hydrogen-bond donors (Lipinski definition) is 1. The van der Waals surface area contributed by atoms with E-state index in [1.807, 2.05) is 0 Å². The third-order valence-corrected chi connectivity index (χ3v) is 2.53. The Hall–Kier alpha value is -1.91. The molecule has 0 saturated carbocycles. The Morgan fingerprint density at radius 2 is 2.13 bits per heavy atom. The normalized spacial score (nSPS) is 13.8. The Kier molecular flexibility index (Phi) is 2.15. The second-order valence-electron chi connectivity index (χ2n) is 3.32. The van der Waals surface area contributed by atoms with Crippen molar-refractivity contribution >= 4 is 11.5 Å². The maximum atomic E-state index is 11.3. The highest BCUT2D eigenvalue weighted by Gasteiger charge is 2.30. The molecular formula is C10H10NO4+. The predicted octanol–water partition coefficient (Wildman–Crippen LogP) is 1.49. The van der Waals surface area contributed by atoms with Crippen LogP contribution in [0.4, 0.5) is 5.69 Å². The van der Waals surface area contributed by atoms with E-state index in [0.717, 1.165) is 0 Å². The molecule has 0 atom stereocenters. The van der Waals surface area contributed by atoms with Gasteiger partial charge in [0.25, 0.3) is 4.92 Å². The SMILES string of the molecule is CO[N+](=O)c1ccc2c(c1O)CCC2=O. The van der Waals surface area contributed by atoms with Gasteiger partial charge < -0.3 is 5.11 Å². The molecule has 1 aliphatic carbocycles. The summed E-state index contributed by atoms with van der Waals surface area (Å²) < 4.78 is 0. The Morgan fingerprint density at radius 3 is 2.80 bits per heavy atom. The zero-order valence-electron chi connectivity index (χ0n) is 8.19. The molecule has 0 aliphatic heterocycles. The number of Topliss-reactive ketones (excluding diaryl/α,β-unsaturated/α-hetero) is 1. The molecule has 1 N–H and O–H groups in total. The van der Waals surface area contributed by atoms with Gasteiger partial charge in [0.05, 0.1) is 4.91 Å². The molecule has 0 amide bonds. The Bertz CT molecular complexity index is 453. The Morgan fingerprint density at radius 1 is 1.40 bits per heavy atom. The smallest absolute Gasteiger partial charge is 0.358 e. The molecule has 0 spiro atoms. The Labute approximate surface area is 85.8 Å². The van der Waals surface area contributed by atoms with Gasteiger partial charge in [-0.2, -0.15) is 0 Å². The Balaban J connectivity index is 2.55. The van der Waals surface area contributed by atoms with E-state index < -0.39 is 0 Å². The highest BCUT2D eigenvalue weighted by atomic mass is 16.8. The molecule has 0 saturated heterocycles. The summed E-state index contributed by atoms with van der Waals surface area (Å²) in [6.07, 6.45) is 0.865. The third kappa shape index (κ3) is 1.36. The van der Waals surface area contributed by atoms with E-state index >= 15 is 0 Å². The molecule has 0 unspecified atom stereocenters. The highest BCUT2D eigenvalue weighted by molar-refractivity contribution is 6.01. The number of phenolic OH excluding ortho intramolecular Hbond substituents is 1. The number of rotatable bonds is 2. The summed E-state index contributed by atoms with van der Waals surface area (Å²) in [5.74, 6) is -0.156. The highest BCUT2D eigenvalue weighted by Crippen LogP contribution is 2.36. The van der Waals surface area contributed by atoms with E-state index in [1.165, 1.54) is 13.2 Å². The van der Waals surface area contributed by atoms with Crippen LogP contribution in [0, 0.1) is 4.91 Å². The minimum atomic E-state index is -0.157. The van der Waals surface area contributed by atoms with Crippen LogP contribution in [0.15, 0.2) is 12.1 Å². The predicted molar refractivity (Wildman–Crippen MR) is 51.1 cm³/mol. The van der Waals surface area contributed by atoms with Gasteiger partial charge in [0.1, 0.15) is 0 Å². The van der Waals surface area contributed by atoms with Crippen molar-refractivity contribution in [3.63, 3.8) is 0 Å². The minimum absolute atomic E-state index is 0.00159. The summed E-state index contributed by atoms with van der Waals surface area (Å²) in [5.41, 5.74) is 1.07. The van der Waals surface area contributed by atoms with Crippen molar-refractivity contribution in [3.8, 4) is 5.75 Å². The second-order valence-corrected chi connectivity index (χ2v) is 3.32. The maximum absolute atomic E-state index is 11.3. The van der Waals surface area contributed by atoms with Crippen LogP contribution < -0.4 is 0 Å². The number of nitrogens with zero attached hydrogens (tertiary/aromatic N) is 1. The van der Waals surface area contributed by atoms with Crippen molar-refractivity contribution in [1.82, 2.24) is 0 Å². The molecule has 1 aromatic carbocycles. The van der Waals surface area contributed by atoms with Crippen LogP contribution in [0.1, 0.15) is 22.3 Å². The van der Waals surface area contributed by atoms with E-state index in [4.69, 9.17) is 0 Å². The van der Waals surface area contributed by atoms with Crippen molar-refractivity contribution in [2.45, 2.75) is 12.8 Å². The van der Waals surface area contributed by atoms with E-state index in [9.17, 15) is 14.8 Å². The van der Waals surface area contributed by atoms with Crippen molar-refractivity contribution in [2.75, 3.05) is 7.11 Å². The molecule has 1 aliphatic rings. The number of ketones is 1. The molecule has 15 heavy (non-hydrogen) atoms. The monoisotopic (exact) mass is 208 g/mol. The van der Waals surface area contributed by atoms with Gasteiger partial charge in [-0.3, -0.25) is 4.79 Å². The van der Waals surface area contributed by atoms with Crippen LogP contribution in [0.3, 0.4) is 0 Å². The summed E-state index contributed by atoms with van der Waals surface area (Å²) in [6.45, 7) is 0. The molecule has 1 aromatic rings. The lowest BCUT2D eigenvalue weighted by atomic mass is 10.1. The third-order valence-electron chi connectivity index (χ3n) is 2.53. The minimum Gasteiger partial charge on any atom is -0.502 e. The van der Waals surface area contributed by atoms with Crippen molar-refractivity contribution in [3.05, 3.63) is 28.2 Å². The van der Waals surface area contributed by atoms with Gasteiger partial charge in [-0.1, -0.05) is 0 Å². The first-order valence-electron chi connectivity index (χ1n) is 4.54. The zero-order chi connectivity index (χ0) is 11.0. The van der Waals surface area contributed by atoms with E-state index in [1.54, 1.807) is 6.07 Å². The van der Waals surface area contributed by atoms with E-state index in [0.29, 0.717) is 24.0 Å². The van der Waals surface area contributed by atoms with Crippen LogP contribution in [0.25, 0.3) is 0 Å². The fraction of sp³-hybridized carbons (Fsp3) is 0.300. The summed E-state index contributed by atoms with van der Waals surface area (Å²) >= 11 is 0. The molecule has 0 bridgehead atoms. The zero-order valence-corrected chi connectivity index (χ0v) is 8.19. The van der Waals surface area contributed by atoms with Crippen LogP contribution in [0.2, 0.25) is 0 Å². The molecule has 0 radical (unpaired) electrons. The summed E-state index contributed by atoms with van der Waals surface area (Å²) in [5, 5.41) is 9.76. The lowest BCUT2D eigenvalue weighted by Gasteiger charge is -2.00. The first kappa shape index (κ1) is 9.64. The summed E-state index contributed by atoms with van der Waals surface area (Å²) in [6, 6.07) is 2.93. The average Bonchev–Trinajstić information content (AvgIpc) is 2.61. The van der Waals surface area contributed by atoms with Gasteiger partial charge in [-0.05, 0) is 12.5 Å². The summed E-state index contributed by atoms with van der Waals surface area (Å²) in [7, 11) is 1.21. The van der Waals surface area contributed by atoms with Gasteiger partial charge in [-0.15, -0.1) is 0 Å². The second kappa shape index (κ2) is 3.34. The van der Waals surface area contributed by atoms with Crippen molar-refractivity contribution in [2.24, 2.45) is 0 Å². The number of aromatic hydroxyl groups is 1. The molecule has 0 heterocycles. The molecular weight excluding hydrogens is 198 g/mol. The molecule has 0 fully saturated rings. The van der Waals surface area contributed by atoms with Gasteiger partial charge in [0.2, 0.25) is 5.75 Å². The van der Waals surface area contributed by atoms with E-state index in [-0.39, 0.29) is 22.1 Å². The molecule has 0 aromatic heterocycles.